The number of rotatable bonds is 2. The van der Waals surface area contributed by atoms with E-state index in [1.807, 2.05) is 12.4 Å². The van der Waals surface area contributed by atoms with Gasteiger partial charge in [0.25, 0.3) is 0 Å². The van der Waals surface area contributed by atoms with Crippen molar-refractivity contribution in [1.82, 2.24) is 10.2 Å². The molecule has 6 heteroatoms. The van der Waals surface area contributed by atoms with Gasteiger partial charge in [-0.15, -0.1) is 0 Å². The molecule has 0 radical (unpaired) electrons. The van der Waals surface area contributed by atoms with E-state index in [0.29, 0.717) is 12.8 Å². The zero-order chi connectivity index (χ0) is 11.5. The average molecular weight is 224 g/mol. The molecular formula is C9H15F3N2O. The Morgan fingerprint density at radius 2 is 1.93 bits per heavy atom. The minimum atomic E-state index is -4.32. The normalized spacial score (nSPS) is 20.3. The number of hydrogen-bond acceptors (Lipinski definition) is 2. The lowest BCUT2D eigenvalue weighted by atomic mass is 9.96. The molecule has 0 unspecified atom stereocenters. The highest BCUT2D eigenvalue weighted by Gasteiger charge is 2.30. The van der Waals surface area contributed by atoms with Crippen molar-refractivity contribution in [3.05, 3.63) is 0 Å². The minimum Gasteiger partial charge on any atom is -0.347 e. The monoisotopic (exact) mass is 224 g/mol. The van der Waals surface area contributed by atoms with Crippen LogP contribution in [0.4, 0.5) is 13.2 Å². The molecule has 0 aromatic rings. The summed E-state index contributed by atoms with van der Waals surface area (Å²) in [6.45, 7) is 0.312. The second kappa shape index (κ2) is 4.83. The van der Waals surface area contributed by atoms with Gasteiger partial charge in [-0.1, -0.05) is 0 Å². The summed E-state index contributed by atoms with van der Waals surface area (Å²) in [6.07, 6.45) is -3.04. The molecule has 0 aromatic heterocycles. The predicted octanol–water partition coefficient (Wildman–Crippen LogP) is 1.01. The number of amides is 1. The standard InChI is InChI=1S/C9H15F3N2O/c1-14-4-2-7(3-5-14)8(15)13-6-9(10,11)12/h7H,2-6H2,1H3,(H,13,15). The maximum absolute atomic E-state index is 11.8. The Kier molecular flexibility index (Phi) is 3.96. The molecule has 0 aliphatic carbocycles. The SMILES string of the molecule is CN1CCC(C(=O)NCC(F)(F)F)CC1. The van der Waals surface area contributed by atoms with Gasteiger partial charge in [0.05, 0.1) is 0 Å². The van der Waals surface area contributed by atoms with Crippen molar-refractivity contribution in [2.45, 2.75) is 19.0 Å². The van der Waals surface area contributed by atoms with Crippen molar-refractivity contribution in [2.75, 3.05) is 26.7 Å². The third-order valence-electron chi connectivity index (χ3n) is 2.55. The third kappa shape index (κ3) is 4.51. The Morgan fingerprint density at radius 1 is 1.40 bits per heavy atom. The Balaban J connectivity index is 2.29. The molecule has 0 spiro atoms. The molecule has 0 bridgehead atoms. The molecule has 1 aliphatic rings. The van der Waals surface area contributed by atoms with Crippen molar-refractivity contribution in [1.29, 1.82) is 0 Å². The smallest absolute Gasteiger partial charge is 0.347 e. The van der Waals surface area contributed by atoms with Gasteiger partial charge in [-0.2, -0.15) is 13.2 Å². The number of alkyl halides is 3. The number of carbonyl (C=O) groups excluding carboxylic acids is 1. The first kappa shape index (κ1) is 12.3. The van der Waals surface area contributed by atoms with Crippen LogP contribution >= 0.6 is 0 Å². The van der Waals surface area contributed by atoms with Gasteiger partial charge in [-0.25, -0.2) is 0 Å². The van der Waals surface area contributed by atoms with Crippen molar-refractivity contribution in [3.8, 4) is 0 Å². The highest BCUT2D eigenvalue weighted by atomic mass is 19.4. The minimum absolute atomic E-state index is 0.261. The highest BCUT2D eigenvalue weighted by molar-refractivity contribution is 5.78. The molecular weight excluding hydrogens is 209 g/mol. The van der Waals surface area contributed by atoms with E-state index >= 15 is 0 Å². The fourth-order valence-electron chi connectivity index (χ4n) is 1.60. The fourth-order valence-corrected chi connectivity index (χ4v) is 1.60. The van der Waals surface area contributed by atoms with Crippen LogP contribution in [-0.4, -0.2) is 43.7 Å². The Hall–Kier alpha value is -0.780. The van der Waals surface area contributed by atoms with Crippen molar-refractivity contribution in [3.63, 3.8) is 0 Å². The van der Waals surface area contributed by atoms with Crippen LogP contribution in [0.2, 0.25) is 0 Å². The molecule has 15 heavy (non-hydrogen) atoms. The first-order valence-corrected chi connectivity index (χ1v) is 4.91. The van der Waals surface area contributed by atoms with Crippen LogP contribution in [0.25, 0.3) is 0 Å². The molecule has 1 saturated heterocycles. The summed E-state index contributed by atoms with van der Waals surface area (Å²) in [5, 5.41) is 1.92. The molecule has 1 heterocycles. The van der Waals surface area contributed by atoms with E-state index in [2.05, 4.69) is 4.90 Å². The maximum Gasteiger partial charge on any atom is 0.405 e. The molecule has 1 N–H and O–H groups in total. The summed E-state index contributed by atoms with van der Waals surface area (Å²) < 4.78 is 35.5. The molecule has 0 aromatic carbocycles. The number of hydrogen-bond donors (Lipinski definition) is 1. The van der Waals surface area contributed by atoms with Crippen LogP contribution in [0.3, 0.4) is 0 Å². The summed E-state index contributed by atoms with van der Waals surface area (Å²) in [6, 6.07) is 0. The number of likely N-dealkylation sites (tertiary alicyclic amines) is 1. The lowest BCUT2D eigenvalue weighted by Crippen LogP contribution is -2.42. The largest absolute Gasteiger partial charge is 0.405 e. The predicted molar refractivity (Wildman–Crippen MR) is 49.3 cm³/mol. The Morgan fingerprint density at radius 3 is 2.40 bits per heavy atom. The number of nitrogens with zero attached hydrogens (tertiary/aromatic N) is 1. The van der Waals surface area contributed by atoms with Gasteiger partial charge in [0.2, 0.25) is 5.91 Å². The van der Waals surface area contributed by atoms with E-state index in [1.165, 1.54) is 0 Å². The van der Waals surface area contributed by atoms with Gasteiger partial charge >= 0.3 is 6.18 Å². The first-order valence-electron chi connectivity index (χ1n) is 4.91. The van der Waals surface area contributed by atoms with E-state index < -0.39 is 18.6 Å². The molecule has 88 valence electrons. The molecule has 1 rings (SSSR count). The lowest BCUT2D eigenvalue weighted by Gasteiger charge is -2.28. The highest BCUT2D eigenvalue weighted by Crippen LogP contribution is 2.17. The van der Waals surface area contributed by atoms with Crippen LogP contribution in [0.15, 0.2) is 0 Å². The summed E-state index contributed by atoms with van der Waals surface area (Å²) in [7, 11) is 1.93. The first-order chi connectivity index (χ1) is 6.88. The second-order valence-corrected chi connectivity index (χ2v) is 3.91. The van der Waals surface area contributed by atoms with Crippen LogP contribution in [0.5, 0.6) is 0 Å². The van der Waals surface area contributed by atoms with Gasteiger partial charge in [0.1, 0.15) is 6.54 Å². The van der Waals surface area contributed by atoms with Crippen molar-refractivity contribution in [2.24, 2.45) is 5.92 Å². The van der Waals surface area contributed by atoms with Crippen LogP contribution in [0.1, 0.15) is 12.8 Å². The lowest BCUT2D eigenvalue weighted by molar-refractivity contribution is -0.141. The van der Waals surface area contributed by atoms with E-state index in [0.717, 1.165) is 13.1 Å². The number of carbonyl (C=O) groups is 1. The maximum atomic E-state index is 11.8. The van der Waals surface area contributed by atoms with E-state index in [-0.39, 0.29) is 5.92 Å². The summed E-state index contributed by atoms with van der Waals surface area (Å²) in [5.41, 5.74) is 0. The van der Waals surface area contributed by atoms with E-state index in [9.17, 15) is 18.0 Å². The number of piperidine rings is 1. The van der Waals surface area contributed by atoms with Crippen molar-refractivity contribution >= 4 is 5.91 Å². The van der Waals surface area contributed by atoms with E-state index in [1.54, 1.807) is 0 Å². The molecule has 1 fully saturated rings. The van der Waals surface area contributed by atoms with Gasteiger partial charge < -0.3 is 10.2 Å². The van der Waals surface area contributed by atoms with Crippen LogP contribution < -0.4 is 5.32 Å². The van der Waals surface area contributed by atoms with Crippen LogP contribution in [-0.2, 0) is 4.79 Å². The number of nitrogens with one attached hydrogen (secondary N) is 1. The quantitative estimate of drug-likeness (QED) is 0.759. The topological polar surface area (TPSA) is 32.3 Å². The molecule has 0 saturated carbocycles. The second-order valence-electron chi connectivity index (χ2n) is 3.91. The molecule has 1 aliphatic heterocycles. The third-order valence-corrected chi connectivity index (χ3v) is 2.55. The molecule has 1 amide bonds. The van der Waals surface area contributed by atoms with Gasteiger partial charge in [0, 0.05) is 5.92 Å². The average Bonchev–Trinajstić information content (AvgIpc) is 2.14. The van der Waals surface area contributed by atoms with Gasteiger partial charge in [-0.05, 0) is 33.0 Å². The van der Waals surface area contributed by atoms with Gasteiger partial charge in [-0.3, -0.25) is 4.79 Å². The Bertz CT molecular complexity index is 222. The van der Waals surface area contributed by atoms with Crippen LogP contribution in [0, 0.1) is 5.92 Å². The number of halogens is 3. The fraction of sp³-hybridized carbons (Fsp3) is 0.889. The van der Waals surface area contributed by atoms with E-state index in [4.69, 9.17) is 0 Å². The molecule has 0 atom stereocenters. The summed E-state index contributed by atoms with van der Waals surface area (Å²) in [4.78, 5) is 13.4. The molecule has 3 nitrogen and oxygen atoms in total. The summed E-state index contributed by atoms with van der Waals surface area (Å²) >= 11 is 0. The van der Waals surface area contributed by atoms with Crippen molar-refractivity contribution < 1.29 is 18.0 Å². The Labute approximate surface area is 86.6 Å². The summed E-state index contributed by atoms with van der Waals surface area (Å²) in [5.74, 6) is -0.732. The zero-order valence-electron chi connectivity index (χ0n) is 8.60. The zero-order valence-corrected chi connectivity index (χ0v) is 8.60. The van der Waals surface area contributed by atoms with Gasteiger partial charge in [0.15, 0.2) is 0 Å².